The molecule has 5 atom stereocenters. The van der Waals surface area contributed by atoms with Crippen molar-refractivity contribution in [2.45, 2.75) is 134 Å². The minimum Gasteiger partial charge on any atom is -0.363 e. The number of amides is 5. The maximum atomic E-state index is 14.8. The summed E-state index contributed by atoms with van der Waals surface area (Å²) in [6, 6.07) is -0.907. The number of nitrogens with one attached hydrogen (secondary N) is 3. The molecule has 13 nitrogen and oxygen atoms in total. The Morgan fingerprint density at radius 1 is 1.02 bits per heavy atom. The fourth-order valence-corrected chi connectivity index (χ4v) is 10.2. The van der Waals surface area contributed by atoms with Crippen LogP contribution in [0.25, 0.3) is 0 Å². The summed E-state index contributed by atoms with van der Waals surface area (Å²) < 4.78 is 28.0. The van der Waals surface area contributed by atoms with Crippen LogP contribution in [0, 0.1) is 28.6 Å². The molecular weight excluding hydrogens is 705 g/mol. The predicted octanol–water partition coefficient (Wildman–Crippen LogP) is 4.02. The number of hydrogen-bond acceptors (Lipinski definition) is 8. The molecule has 0 radical (unpaired) electrons. The third kappa shape index (κ3) is 10.3. The van der Waals surface area contributed by atoms with E-state index in [1.807, 2.05) is 27.7 Å². The van der Waals surface area contributed by atoms with E-state index in [1.54, 1.807) is 22.4 Å². The normalized spacial score (nSPS) is 22.4. The quantitative estimate of drug-likeness (QED) is 0.183. The Bertz CT molecular complexity index is 1550. The number of thiophene rings is 1. The van der Waals surface area contributed by atoms with Crippen molar-refractivity contribution in [1.82, 2.24) is 25.2 Å². The SMILES string of the molecule is CC(C)C[C@H]1CCN(C(=O)[C@@H](NC(=O)N[C@H](CN(C)S(=O)(=O)c2cccs2)C(C)(C)C)C2(C)CCCCC2)[C@@H]1C(=O)NC(CC1CC1)C(=O)C(N)=O. The first kappa shape index (κ1) is 41.7. The van der Waals surface area contributed by atoms with E-state index in [4.69, 9.17) is 5.73 Å². The lowest BCUT2D eigenvalue weighted by Gasteiger charge is -2.43. The molecule has 1 aromatic rings. The van der Waals surface area contributed by atoms with Crippen LogP contribution in [0.15, 0.2) is 21.7 Å². The van der Waals surface area contributed by atoms with Gasteiger partial charge in [-0.05, 0) is 72.1 Å². The highest BCUT2D eigenvalue weighted by atomic mass is 32.2. The lowest BCUT2D eigenvalue weighted by atomic mass is 9.70. The van der Waals surface area contributed by atoms with Crippen LogP contribution < -0.4 is 21.7 Å². The van der Waals surface area contributed by atoms with Gasteiger partial charge in [-0.15, -0.1) is 11.3 Å². The summed E-state index contributed by atoms with van der Waals surface area (Å²) in [7, 11) is -2.29. The van der Waals surface area contributed by atoms with E-state index >= 15 is 0 Å². The number of rotatable bonds is 16. The van der Waals surface area contributed by atoms with Crippen LogP contribution in [0.5, 0.6) is 0 Å². The Labute approximate surface area is 313 Å². The number of carbonyl (C=O) groups excluding carboxylic acids is 5. The van der Waals surface area contributed by atoms with Crippen LogP contribution in [0.2, 0.25) is 0 Å². The van der Waals surface area contributed by atoms with Crippen molar-refractivity contribution in [1.29, 1.82) is 0 Å². The average Bonchev–Trinajstić information content (AvgIpc) is 3.50. The van der Waals surface area contributed by atoms with Crippen molar-refractivity contribution in [3.05, 3.63) is 17.5 Å². The van der Waals surface area contributed by atoms with Crippen LogP contribution in [0.3, 0.4) is 0 Å². The molecule has 0 bridgehead atoms. The van der Waals surface area contributed by atoms with E-state index in [0.29, 0.717) is 38.6 Å². The average molecular weight is 765 g/mol. The molecule has 15 heteroatoms. The third-order valence-corrected chi connectivity index (χ3v) is 14.4. The maximum Gasteiger partial charge on any atom is 0.315 e. The van der Waals surface area contributed by atoms with Crippen LogP contribution >= 0.6 is 11.3 Å². The highest BCUT2D eigenvalue weighted by molar-refractivity contribution is 7.91. The first-order valence-corrected chi connectivity index (χ1v) is 21.1. The number of hydrogen-bond donors (Lipinski definition) is 4. The highest BCUT2D eigenvalue weighted by Gasteiger charge is 2.49. The van der Waals surface area contributed by atoms with Gasteiger partial charge in [-0.2, -0.15) is 4.31 Å². The molecule has 1 aromatic heterocycles. The summed E-state index contributed by atoms with van der Waals surface area (Å²) in [4.78, 5) is 69.2. The molecule has 292 valence electrons. The zero-order valence-corrected chi connectivity index (χ0v) is 33.5. The van der Waals surface area contributed by atoms with Gasteiger partial charge in [0.2, 0.25) is 17.6 Å². The number of carbonyl (C=O) groups is 5. The van der Waals surface area contributed by atoms with Gasteiger partial charge in [-0.3, -0.25) is 19.2 Å². The van der Waals surface area contributed by atoms with Crippen molar-refractivity contribution in [3.63, 3.8) is 0 Å². The topological polar surface area (TPSA) is 188 Å². The minimum atomic E-state index is -3.78. The van der Waals surface area contributed by atoms with Gasteiger partial charge in [0, 0.05) is 26.2 Å². The monoisotopic (exact) mass is 764 g/mol. The van der Waals surface area contributed by atoms with Crippen LogP contribution in [0.4, 0.5) is 4.79 Å². The molecule has 5 amide bonds. The zero-order valence-electron chi connectivity index (χ0n) is 31.9. The van der Waals surface area contributed by atoms with E-state index in [0.717, 1.165) is 43.4 Å². The molecule has 1 aliphatic heterocycles. The van der Waals surface area contributed by atoms with Crippen molar-refractivity contribution in [3.8, 4) is 0 Å². The molecule has 1 saturated heterocycles. The van der Waals surface area contributed by atoms with Crippen LogP contribution in [-0.4, -0.2) is 91.5 Å². The number of likely N-dealkylation sites (N-methyl/N-ethyl adjacent to an activating group) is 1. The molecule has 0 spiro atoms. The maximum absolute atomic E-state index is 14.8. The second-order valence-corrected chi connectivity index (χ2v) is 20.2. The number of primary amides is 1. The number of nitrogens with two attached hydrogens (primary N) is 1. The minimum absolute atomic E-state index is 0.00430. The van der Waals surface area contributed by atoms with Gasteiger partial charge < -0.3 is 26.6 Å². The molecule has 0 aromatic carbocycles. The van der Waals surface area contributed by atoms with Crippen LogP contribution in [0.1, 0.15) is 106 Å². The summed E-state index contributed by atoms with van der Waals surface area (Å²) >= 11 is 1.12. The van der Waals surface area contributed by atoms with Gasteiger partial charge in [0.15, 0.2) is 0 Å². The summed E-state index contributed by atoms with van der Waals surface area (Å²) in [5.74, 6) is -2.53. The molecule has 2 saturated carbocycles. The van der Waals surface area contributed by atoms with E-state index in [-0.39, 0.29) is 34.4 Å². The Kier molecular flexibility index (Phi) is 13.6. The Balaban J connectivity index is 1.60. The molecule has 5 N–H and O–H groups in total. The molecule has 1 unspecified atom stereocenters. The van der Waals surface area contributed by atoms with Gasteiger partial charge in [0.1, 0.15) is 16.3 Å². The summed E-state index contributed by atoms with van der Waals surface area (Å²) in [5, 5.41) is 10.5. The summed E-state index contributed by atoms with van der Waals surface area (Å²) in [5.41, 5.74) is 4.21. The summed E-state index contributed by atoms with van der Waals surface area (Å²) in [6.45, 7) is 12.2. The molecule has 4 rings (SSSR count). The standard InChI is InChI=1S/C37H60N6O7S2/c1-23(2)20-25-15-18-43(29(25)33(46)39-26(21-24-13-14-24)30(44)32(38)45)34(47)31(37(6)16-9-8-10-17-37)41-35(48)40-27(36(3,4)5)22-42(7)52(49,50)28-12-11-19-51-28/h11-12,19,23-27,29,31H,8-10,13-18,20-22H2,1-7H3,(H2,38,45)(H,39,46)(H2,40,41,48)/t25-,26?,27-,29+,31-/m1/s1. The van der Waals surface area contributed by atoms with Crippen molar-refractivity contribution in [2.75, 3.05) is 20.1 Å². The Morgan fingerprint density at radius 3 is 2.21 bits per heavy atom. The second-order valence-electron chi connectivity index (χ2n) is 17.0. The third-order valence-electron chi connectivity index (χ3n) is 11.2. The number of nitrogens with zero attached hydrogens (tertiary/aromatic N) is 2. The van der Waals surface area contributed by atoms with Gasteiger partial charge in [-0.1, -0.05) is 79.7 Å². The number of sulfonamides is 1. The molecule has 2 aliphatic carbocycles. The van der Waals surface area contributed by atoms with Crippen molar-refractivity contribution >= 4 is 50.9 Å². The fraction of sp³-hybridized carbons (Fsp3) is 0.757. The summed E-state index contributed by atoms with van der Waals surface area (Å²) in [6.07, 6.45) is 7.58. The predicted molar refractivity (Wildman–Crippen MR) is 201 cm³/mol. The van der Waals surface area contributed by atoms with E-state index in [1.165, 1.54) is 11.4 Å². The highest BCUT2D eigenvalue weighted by Crippen LogP contribution is 2.41. The van der Waals surface area contributed by atoms with E-state index in [2.05, 4.69) is 29.8 Å². The van der Waals surface area contributed by atoms with Crippen LogP contribution in [-0.2, 0) is 29.2 Å². The van der Waals surface area contributed by atoms with Gasteiger partial charge >= 0.3 is 6.03 Å². The van der Waals surface area contributed by atoms with Gasteiger partial charge in [0.05, 0.1) is 6.04 Å². The van der Waals surface area contributed by atoms with Crippen molar-refractivity contribution in [2.24, 2.45) is 34.3 Å². The first-order chi connectivity index (χ1) is 24.2. The smallest absolute Gasteiger partial charge is 0.315 e. The second kappa shape index (κ2) is 17.0. The number of ketones is 1. The molecule has 3 aliphatic rings. The fourth-order valence-electron chi connectivity index (χ4n) is 7.79. The van der Waals surface area contributed by atoms with Gasteiger partial charge in [0.25, 0.3) is 15.9 Å². The van der Waals surface area contributed by atoms with Crippen molar-refractivity contribution < 1.29 is 32.4 Å². The number of likely N-dealkylation sites (tertiary alicyclic amines) is 1. The molecule has 52 heavy (non-hydrogen) atoms. The molecular formula is C37H60N6O7S2. The first-order valence-electron chi connectivity index (χ1n) is 18.8. The number of urea groups is 1. The number of Topliss-reactive ketones (excluding diaryl/α,β-unsaturated/α-hetero) is 1. The Hall–Kier alpha value is -3.04. The lowest BCUT2D eigenvalue weighted by Crippen LogP contribution is -2.63. The molecule has 3 fully saturated rings. The Morgan fingerprint density at radius 2 is 1.67 bits per heavy atom. The van der Waals surface area contributed by atoms with E-state index < -0.39 is 68.6 Å². The van der Waals surface area contributed by atoms with Gasteiger partial charge in [-0.25, -0.2) is 13.2 Å². The largest absolute Gasteiger partial charge is 0.363 e. The zero-order chi connectivity index (χ0) is 38.6. The lowest BCUT2D eigenvalue weighted by molar-refractivity contribution is -0.145. The van der Waals surface area contributed by atoms with E-state index in [9.17, 15) is 32.4 Å². The molecule has 2 heterocycles.